The van der Waals surface area contributed by atoms with Crippen molar-refractivity contribution >= 4 is 11.6 Å². The molecule has 86 valence electrons. The zero-order valence-electron chi connectivity index (χ0n) is 9.19. The first-order valence-corrected chi connectivity index (χ1v) is 5.67. The molecular weight excluding hydrogens is 216 g/mol. The molecule has 15 heavy (non-hydrogen) atoms. The summed E-state index contributed by atoms with van der Waals surface area (Å²) in [6.07, 6.45) is 1.95. The Bertz CT molecular complexity index is 277. The van der Waals surface area contributed by atoms with Crippen molar-refractivity contribution in [3.8, 4) is 0 Å². The lowest BCUT2D eigenvalue weighted by Crippen LogP contribution is -2.09. The molecule has 0 aliphatic carbocycles. The molecule has 6 heteroatoms. The van der Waals surface area contributed by atoms with Crippen molar-refractivity contribution in [3.05, 3.63) is 5.82 Å². The highest BCUT2D eigenvalue weighted by Crippen LogP contribution is 2.15. The predicted molar refractivity (Wildman–Crippen MR) is 57.8 cm³/mol. The van der Waals surface area contributed by atoms with Crippen LogP contribution in [0.2, 0.25) is 0 Å². The molecule has 1 atom stereocenters. The van der Waals surface area contributed by atoms with E-state index in [1.807, 2.05) is 6.92 Å². The summed E-state index contributed by atoms with van der Waals surface area (Å²) >= 11 is 5.92. The third kappa shape index (κ3) is 4.13. The van der Waals surface area contributed by atoms with E-state index >= 15 is 0 Å². The average molecular weight is 233 g/mol. The Morgan fingerprint density at radius 2 is 2.27 bits per heavy atom. The molecule has 0 bridgehead atoms. The number of aromatic nitrogens is 4. The van der Waals surface area contributed by atoms with Crippen LogP contribution in [0.3, 0.4) is 0 Å². The fourth-order valence-corrected chi connectivity index (χ4v) is 1.37. The fourth-order valence-electron chi connectivity index (χ4n) is 1.22. The maximum absolute atomic E-state index is 5.92. The van der Waals surface area contributed by atoms with Crippen LogP contribution in [0, 0.1) is 0 Å². The maximum atomic E-state index is 5.92. The topological polar surface area (TPSA) is 52.8 Å². The van der Waals surface area contributed by atoms with Crippen molar-refractivity contribution in [2.24, 2.45) is 0 Å². The van der Waals surface area contributed by atoms with Gasteiger partial charge in [-0.3, -0.25) is 0 Å². The Balaban J connectivity index is 2.28. The molecule has 0 aliphatic rings. The first-order valence-electron chi connectivity index (χ1n) is 5.23. The minimum atomic E-state index is -0.156. The summed E-state index contributed by atoms with van der Waals surface area (Å²) in [6.45, 7) is 6.26. The van der Waals surface area contributed by atoms with Crippen molar-refractivity contribution in [1.29, 1.82) is 0 Å². The number of rotatable bonds is 7. The Kier molecular flexibility index (Phi) is 5.57. The highest BCUT2D eigenvalue weighted by Gasteiger charge is 2.10. The van der Waals surface area contributed by atoms with E-state index in [0.717, 1.165) is 32.6 Å². The largest absolute Gasteiger partial charge is 0.381 e. The number of halogens is 1. The second-order valence-electron chi connectivity index (χ2n) is 3.34. The second-order valence-corrected chi connectivity index (χ2v) is 4.00. The Morgan fingerprint density at radius 3 is 2.93 bits per heavy atom. The molecule has 0 fully saturated rings. The van der Waals surface area contributed by atoms with E-state index < -0.39 is 0 Å². The zero-order valence-corrected chi connectivity index (χ0v) is 9.94. The standard InChI is InChI=1S/C9H17ClN4O/c1-3-6-15-7-4-5-14-9(8(2)10)11-12-13-14/h8H,3-7H2,1-2H3. The van der Waals surface area contributed by atoms with Gasteiger partial charge in [0.25, 0.3) is 0 Å². The highest BCUT2D eigenvalue weighted by atomic mass is 35.5. The molecule has 0 aromatic carbocycles. The van der Waals surface area contributed by atoms with Crippen molar-refractivity contribution < 1.29 is 4.74 Å². The van der Waals surface area contributed by atoms with Crippen LogP contribution in [-0.2, 0) is 11.3 Å². The van der Waals surface area contributed by atoms with Crippen LogP contribution in [0.1, 0.15) is 37.9 Å². The molecule has 0 N–H and O–H groups in total. The molecule has 0 amide bonds. The van der Waals surface area contributed by atoms with Gasteiger partial charge in [-0.05, 0) is 30.2 Å². The zero-order chi connectivity index (χ0) is 11.1. The molecule has 0 saturated heterocycles. The van der Waals surface area contributed by atoms with Crippen LogP contribution < -0.4 is 0 Å². The lowest BCUT2D eigenvalue weighted by Gasteiger charge is -2.05. The third-order valence-electron chi connectivity index (χ3n) is 1.92. The fraction of sp³-hybridized carbons (Fsp3) is 0.889. The van der Waals surface area contributed by atoms with Gasteiger partial charge in [-0.15, -0.1) is 16.7 Å². The van der Waals surface area contributed by atoms with Crippen LogP contribution in [0.25, 0.3) is 0 Å². The first kappa shape index (κ1) is 12.4. The minimum Gasteiger partial charge on any atom is -0.381 e. The molecule has 0 aliphatic heterocycles. The van der Waals surface area contributed by atoms with E-state index in [4.69, 9.17) is 16.3 Å². The molecular formula is C9H17ClN4O. The number of hydrogen-bond donors (Lipinski definition) is 0. The molecule has 1 heterocycles. The number of tetrazole rings is 1. The summed E-state index contributed by atoms with van der Waals surface area (Å²) in [5.74, 6) is 0.715. The van der Waals surface area contributed by atoms with Crippen LogP contribution in [0.4, 0.5) is 0 Å². The van der Waals surface area contributed by atoms with Crippen LogP contribution in [0.5, 0.6) is 0 Å². The Labute approximate surface area is 94.8 Å². The number of hydrogen-bond acceptors (Lipinski definition) is 4. The van der Waals surface area contributed by atoms with E-state index in [1.54, 1.807) is 4.68 Å². The van der Waals surface area contributed by atoms with Crippen LogP contribution in [-0.4, -0.2) is 33.4 Å². The smallest absolute Gasteiger partial charge is 0.168 e. The summed E-state index contributed by atoms with van der Waals surface area (Å²) in [7, 11) is 0. The van der Waals surface area contributed by atoms with E-state index in [9.17, 15) is 0 Å². The van der Waals surface area contributed by atoms with Gasteiger partial charge in [-0.2, -0.15) is 0 Å². The molecule has 1 unspecified atom stereocenters. The lowest BCUT2D eigenvalue weighted by molar-refractivity contribution is 0.128. The molecule has 1 aromatic heterocycles. The van der Waals surface area contributed by atoms with Gasteiger partial charge in [-0.1, -0.05) is 6.92 Å². The SMILES string of the molecule is CCCOCCCn1nnnc1C(C)Cl. The van der Waals surface area contributed by atoms with Crippen molar-refractivity contribution in [1.82, 2.24) is 20.2 Å². The third-order valence-corrected chi connectivity index (χ3v) is 2.12. The van der Waals surface area contributed by atoms with E-state index in [0.29, 0.717) is 5.82 Å². The first-order chi connectivity index (χ1) is 7.25. The number of nitrogens with zero attached hydrogens (tertiary/aromatic N) is 4. The maximum Gasteiger partial charge on any atom is 0.168 e. The molecule has 5 nitrogen and oxygen atoms in total. The average Bonchev–Trinajstić information content (AvgIpc) is 2.66. The molecule has 0 saturated carbocycles. The van der Waals surface area contributed by atoms with E-state index in [-0.39, 0.29) is 5.38 Å². The highest BCUT2D eigenvalue weighted by molar-refractivity contribution is 6.20. The van der Waals surface area contributed by atoms with Gasteiger partial charge >= 0.3 is 0 Å². The van der Waals surface area contributed by atoms with Gasteiger partial charge in [0.1, 0.15) is 0 Å². The number of alkyl halides is 1. The van der Waals surface area contributed by atoms with E-state index in [2.05, 4.69) is 22.4 Å². The molecule has 0 spiro atoms. The Hall–Kier alpha value is -0.680. The summed E-state index contributed by atoms with van der Waals surface area (Å²) in [5, 5.41) is 11.2. The Morgan fingerprint density at radius 1 is 1.47 bits per heavy atom. The van der Waals surface area contributed by atoms with Crippen LogP contribution >= 0.6 is 11.6 Å². The van der Waals surface area contributed by atoms with Crippen molar-refractivity contribution in [3.63, 3.8) is 0 Å². The second kappa shape index (κ2) is 6.74. The minimum absolute atomic E-state index is 0.156. The lowest BCUT2D eigenvalue weighted by atomic mass is 10.4. The monoisotopic (exact) mass is 232 g/mol. The molecule has 1 aromatic rings. The van der Waals surface area contributed by atoms with Gasteiger partial charge in [-0.25, -0.2) is 4.68 Å². The van der Waals surface area contributed by atoms with Gasteiger partial charge in [0.05, 0.1) is 5.38 Å². The quantitative estimate of drug-likeness (QED) is 0.531. The van der Waals surface area contributed by atoms with Gasteiger partial charge in [0.15, 0.2) is 5.82 Å². The summed E-state index contributed by atoms with van der Waals surface area (Å²) in [4.78, 5) is 0. The predicted octanol–water partition coefficient (Wildman–Crippen LogP) is 1.79. The summed E-state index contributed by atoms with van der Waals surface area (Å²) in [5.41, 5.74) is 0. The normalized spacial score (nSPS) is 13.0. The van der Waals surface area contributed by atoms with Gasteiger partial charge in [0.2, 0.25) is 0 Å². The number of ether oxygens (including phenoxy) is 1. The van der Waals surface area contributed by atoms with Crippen molar-refractivity contribution in [2.45, 2.75) is 38.6 Å². The summed E-state index contributed by atoms with van der Waals surface area (Å²) < 4.78 is 7.10. The van der Waals surface area contributed by atoms with Gasteiger partial charge in [0, 0.05) is 19.8 Å². The molecule has 1 rings (SSSR count). The van der Waals surface area contributed by atoms with Gasteiger partial charge < -0.3 is 4.74 Å². The van der Waals surface area contributed by atoms with E-state index in [1.165, 1.54) is 0 Å². The summed E-state index contributed by atoms with van der Waals surface area (Å²) in [6, 6.07) is 0. The van der Waals surface area contributed by atoms with Crippen LogP contribution in [0.15, 0.2) is 0 Å². The molecule has 0 radical (unpaired) electrons. The number of aryl methyl sites for hydroxylation is 1. The van der Waals surface area contributed by atoms with Crippen molar-refractivity contribution in [2.75, 3.05) is 13.2 Å².